The molecule has 2 N–H and O–H groups in total. The van der Waals surface area contributed by atoms with Gasteiger partial charge >= 0.3 is 0 Å². The first-order valence-electron chi connectivity index (χ1n) is 6.09. The maximum Gasteiger partial charge on any atom is 0.165 e. The Bertz CT molecular complexity index is 617. The largest absolute Gasteiger partial charge is 0.486 e. The fourth-order valence-electron chi connectivity index (χ4n) is 1.73. The van der Waals surface area contributed by atoms with Gasteiger partial charge in [0.2, 0.25) is 0 Å². The number of benzene rings is 2. The van der Waals surface area contributed by atoms with Crippen molar-refractivity contribution in [1.29, 1.82) is 0 Å². The summed E-state index contributed by atoms with van der Waals surface area (Å²) in [4.78, 5) is 0. The average Bonchev–Trinajstić information content (AvgIpc) is 2.40. The number of rotatable bonds is 4. The molecule has 0 fully saturated rings. The molecule has 2 aromatic rings. The standard InChI is InChI=1S/C15H14BrF2NO/c1-9(19)10-2-5-15(14(18)7-10)20-8-11-6-12(16)3-4-13(11)17/h2-7,9H,8,19H2,1H3/t9-/m1/s1. The predicted molar refractivity (Wildman–Crippen MR) is 77.4 cm³/mol. The zero-order valence-electron chi connectivity index (χ0n) is 10.9. The van der Waals surface area contributed by atoms with Gasteiger partial charge in [-0.25, -0.2) is 8.78 Å². The Morgan fingerprint density at radius 1 is 1.15 bits per heavy atom. The first kappa shape index (κ1) is 14.9. The molecule has 0 bridgehead atoms. The molecule has 20 heavy (non-hydrogen) atoms. The Morgan fingerprint density at radius 2 is 1.90 bits per heavy atom. The molecule has 0 radical (unpaired) electrons. The number of ether oxygens (including phenoxy) is 1. The van der Waals surface area contributed by atoms with E-state index in [9.17, 15) is 8.78 Å². The first-order valence-corrected chi connectivity index (χ1v) is 6.88. The Labute approximate surface area is 124 Å². The third kappa shape index (κ3) is 3.55. The zero-order chi connectivity index (χ0) is 14.7. The van der Waals surface area contributed by atoms with Crippen LogP contribution in [-0.2, 0) is 6.61 Å². The van der Waals surface area contributed by atoms with Gasteiger partial charge in [-0.2, -0.15) is 0 Å². The molecule has 0 saturated heterocycles. The molecule has 2 aromatic carbocycles. The van der Waals surface area contributed by atoms with E-state index >= 15 is 0 Å². The van der Waals surface area contributed by atoms with E-state index in [2.05, 4.69) is 15.9 Å². The Kier molecular flexibility index (Phi) is 4.73. The molecule has 2 nitrogen and oxygen atoms in total. The van der Waals surface area contributed by atoms with Gasteiger partial charge in [0.15, 0.2) is 11.6 Å². The van der Waals surface area contributed by atoms with Gasteiger partial charge in [0.25, 0.3) is 0 Å². The maximum absolute atomic E-state index is 13.8. The highest BCUT2D eigenvalue weighted by atomic mass is 79.9. The second kappa shape index (κ2) is 6.33. The van der Waals surface area contributed by atoms with E-state index in [1.165, 1.54) is 18.2 Å². The van der Waals surface area contributed by atoms with Crippen molar-refractivity contribution in [2.24, 2.45) is 5.73 Å². The molecule has 0 saturated carbocycles. The smallest absolute Gasteiger partial charge is 0.165 e. The second-order valence-electron chi connectivity index (χ2n) is 4.50. The fraction of sp³-hybridized carbons (Fsp3) is 0.200. The van der Waals surface area contributed by atoms with Crippen LogP contribution in [0.25, 0.3) is 0 Å². The molecular weight excluding hydrogens is 328 g/mol. The van der Waals surface area contributed by atoms with E-state index in [4.69, 9.17) is 10.5 Å². The molecule has 0 aliphatic heterocycles. The molecule has 0 aromatic heterocycles. The van der Waals surface area contributed by atoms with Crippen molar-refractivity contribution in [3.8, 4) is 5.75 Å². The average molecular weight is 342 g/mol. The summed E-state index contributed by atoms with van der Waals surface area (Å²) in [6, 6.07) is 8.81. The highest BCUT2D eigenvalue weighted by molar-refractivity contribution is 9.10. The molecule has 5 heteroatoms. The van der Waals surface area contributed by atoms with Gasteiger partial charge < -0.3 is 10.5 Å². The summed E-state index contributed by atoms with van der Waals surface area (Å²) in [5.74, 6) is -0.815. The Hall–Kier alpha value is -1.46. The monoisotopic (exact) mass is 341 g/mol. The van der Waals surface area contributed by atoms with Crippen molar-refractivity contribution in [3.05, 3.63) is 63.6 Å². The topological polar surface area (TPSA) is 35.2 Å². The van der Waals surface area contributed by atoms with Gasteiger partial charge in [-0.3, -0.25) is 0 Å². The fourth-order valence-corrected chi connectivity index (χ4v) is 2.14. The molecule has 1 atom stereocenters. The van der Waals surface area contributed by atoms with Crippen LogP contribution in [0.4, 0.5) is 8.78 Å². The lowest BCUT2D eigenvalue weighted by molar-refractivity contribution is 0.284. The normalized spacial score (nSPS) is 12.2. The minimum atomic E-state index is -0.504. The van der Waals surface area contributed by atoms with Gasteiger partial charge in [-0.15, -0.1) is 0 Å². The second-order valence-corrected chi connectivity index (χ2v) is 5.42. The van der Waals surface area contributed by atoms with Crippen molar-refractivity contribution in [2.75, 3.05) is 0 Å². The van der Waals surface area contributed by atoms with E-state index in [0.29, 0.717) is 11.1 Å². The van der Waals surface area contributed by atoms with E-state index in [1.807, 2.05) is 0 Å². The van der Waals surface area contributed by atoms with Crippen LogP contribution in [0, 0.1) is 11.6 Å². The number of hydrogen-bond donors (Lipinski definition) is 1. The van der Waals surface area contributed by atoms with Crippen LogP contribution in [0.1, 0.15) is 24.1 Å². The molecule has 0 spiro atoms. The summed E-state index contributed by atoms with van der Waals surface area (Å²) < 4.78 is 33.4. The van der Waals surface area contributed by atoms with Crippen molar-refractivity contribution >= 4 is 15.9 Å². The first-order chi connectivity index (χ1) is 9.47. The van der Waals surface area contributed by atoms with Crippen LogP contribution in [0.5, 0.6) is 5.75 Å². The van der Waals surface area contributed by atoms with E-state index in [1.54, 1.807) is 25.1 Å². The zero-order valence-corrected chi connectivity index (χ0v) is 12.5. The lowest BCUT2D eigenvalue weighted by Crippen LogP contribution is -2.06. The van der Waals surface area contributed by atoms with Gasteiger partial charge in [-0.1, -0.05) is 22.0 Å². The Balaban J connectivity index is 2.13. The minimum absolute atomic E-state index is 0.0419. The summed E-state index contributed by atoms with van der Waals surface area (Å²) in [5.41, 5.74) is 6.71. The molecule has 0 aliphatic rings. The molecule has 106 valence electrons. The van der Waals surface area contributed by atoms with Crippen LogP contribution >= 0.6 is 15.9 Å². The van der Waals surface area contributed by atoms with Gasteiger partial charge in [0, 0.05) is 16.1 Å². The SMILES string of the molecule is C[C@@H](N)c1ccc(OCc2cc(Br)ccc2F)c(F)c1. The van der Waals surface area contributed by atoms with Crippen LogP contribution in [-0.4, -0.2) is 0 Å². The third-order valence-electron chi connectivity index (χ3n) is 2.87. The summed E-state index contributed by atoms with van der Waals surface area (Å²) in [6.45, 7) is 1.73. The third-order valence-corrected chi connectivity index (χ3v) is 3.37. The van der Waals surface area contributed by atoms with E-state index in [-0.39, 0.29) is 24.2 Å². The molecule has 2 rings (SSSR count). The lowest BCUT2D eigenvalue weighted by atomic mass is 10.1. The minimum Gasteiger partial charge on any atom is -0.486 e. The van der Waals surface area contributed by atoms with Gasteiger partial charge in [-0.05, 0) is 42.8 Å². The quantitative estimate of drug-likeness (QED) is 0.898. The lowest BCUT2D eigenvalue weighted by Gasteiger charge is -2.11. The summed E-state index contributed by atoms with van der Waals surface area (Å²) >= 11 is 3.25. The molecule has 0 unspecified atom stereocenters. The molecule has 0 amide bonds. The highest BCUT2D eigenvalue weighted by Gasteiger charge is 2.09. The molecular formula is C15H14BrF2NO. The van der Waals surface area contributed by atoms with Crippen LogP contribution in [0.15, 0.2) is 40.9 Å². The summed E-state index contributed by atoms with van der Waals surface area (Å²) in [7, 11) is 0. The maximum atomic E-state index is 13.8. The van der Waals surface area contributed by atoms with Crippen molar-refractivity contribution in [1.82, 2.24) is 0 Å². The number of nitrogens with two attached hydrogens (primary N) is 1. The predicted octanol–water partition coefficient (Wildman–Crippen LogP) is 4.33. The molecule has 0 aliphatic carbocycles. The van der Waals surface area contributed by atoms with Crippen LogP contribution < -0.4 is 10.5 Å². The molecule has 0 heterocycles. The van der Waals surface area contributed by atoms with E-state index in [0.717, 1.165) is 4.47 Å². The number of halogens is 3. The summed E-state index contributed by atoms with van der Waals surface area (Å²) in [6.07, 6.45) is 0. The van der Waals surface area contributed by atoms with Crippen LogP contribution in [0.3, 0.4) is 0 Å². The Morgan fingerprint density at radius 3 is 2.55 bits per heavy atom. The van der Waals surface area contributed by atoms with Gasteiger partial charge in [0.05, 0.1) is 0 Å². The van der Waals surface area contributed by atoms with E-state index < -0.39 is 5.82 Å². The van der Waals surface area contributed by atoms with Crippen molar-refractivity contribution in [2.45, 2.75) is 19.6 Å². The highest BCUT2D eigenvalue weighted by Crippen LogP contribution is 2.23. The van der Waals surface area contributed by atoms with Gasteiger partial charge in [0.1, 0.15) is 12.4 Å². The van der Waals surface area contributed by atoms with Crippen molar-refractivity contribution in [3.63, 3.8) is 0 Å². The van der Waals surface area contributed by atoms with Crippen LogP contribution in [0.2, 0.25) is 0 Å². The summed E-state index contributed by atoms with van der Waals surface area (Å²) in [5, 5.41) is 0. The van der Waals surface area contributed by atoms with Crippen molar-refractivity contribution < 1.29 is 13.5 Å². The number of hydrogen-bond acceptors (Lipinski definition) is 2.